The fourth-order valence-corrected chi connectivity index (χ4v) is 1.30. The molecule has 2 rings (SSSR count). The van der Waals surface area contributed by atoms with Gasteiger partial charge < -0.3 is 5.32 Å². The monoisotopic (exact) mass is 164 g/mol. The zero-order valence-electron chi connectivity index (χ0n) is 6.41. The summed E-state index contributed by atoms with van der Waals surface area (Å²) in [4.78, 5) is 22.0. The quantitative estimate of drug-likeness (QED) is 0.585. The highest BCUT2D eigenvalue weighted by atomic mass is 16.2. The normalized spacial score (nSPS) is 15.2. The van der Waals surface area contributed by atoms with Gasteiger partial charge in [0.25, 0.3) is 0 Å². The molecule has 1 amide bonds. The molecule has 1 aromatic heterocycles. The molecule has 0 saturated heterocycles. The van der Waals surface area contributed by atoms with Crippen molar-refractivity contribution >= 4 is 6.03 Å². The highest BCUT2D eigenvalue weighted by Gasteiger charge is 2.13. The molecule has 0 aliphatic carbocycles. The summed E-state index contributed by atoms with van der Waals surface area (Å²) in [6.45, 7) is 0.613. The van der Waals surface area contributed by atoms with Gasteiger partial charge in [0.05, 0.1) is 0 Å². The number of carbonyl (C=O) groups excluding carboxylic acids is 1. The number of nitrogens with zero attached hydrogens (tertiary/aromatic N) is 1. The first-order chi connectivity index (χ1) is 5.77. The highest BCUT2D eigenvalue weighted by molar-refractivity contribution is 5.78. The molecular weight excluding hydrogens is 156 g/mol. The van der Waals surface area contributed by atoms with Gasteiger partial charge in [-0.25, -0.2) is 4.79 Å². The Morgan fingerprint density at radius 1 is 1.42 bits per heavy atom. The number of carbonyl (C=O) groups is 1. The number of hydrogen-bond donors (Lipinski definition) is 1. The van der Waals surface area contributed by atoms with Gasteiger partial charge in [-0.15, -0.1) is 0 Å². The Hall–Kier alpha value is -1.58. The van der Waals surface area contributed by atoms with E-state index in [0.717, 1.165) is 12.1 Å². The predicted molar refractivity (Wildman–Crippen MR) is 43.2 cm³/mol. The van der Waals surface area contributed by atoms with Gasteiger partial charge in [-0.05, 0) is 0 Å². The molecule has 2 heterocycles. The lowest BCUT2D eigenvalue weighted by Gasteiger charge is -2.17. The molecule has 62 valence electrons. The summed E-state index contributed by atoms with van der Waals surface area (Å²) < 4.78 is 1.46. The molecule has 0 fully saturated rings. The summed E-state index contributed by atoms with van der Waals surface area (Å²) in [5, 5.41) is 2.68. The van der Waals surface area contributed by atoms with E-state index < -0.39 is 0 Å². The van der Waals surface area contributed by atoms with Crippen LogP contribution in [0.25, 0.3) is 0 Å². The smallest absolute Gasteiger partial charge is 0.325 e. The maximum atomic E-state index is 11.1. The lowest BCUT2D eigenvalue weighted by atomic mass is 10.2. The Kier molecular flexibility index (Phi) is 1.46. The molecular formula is C8H8N2O2. The Morgan fingerprint density at radius 3 is 3.08 bits per heavy atom. The van der Waals surface area contributed by atoms with Crippen LogP contribution in [-0.4, -0.2) is 17.1 Å². The second-order valence-corrected chi connectivity index (χ2v) is 2.71. The van der Waals surface area contributed by atoms with Crippen LogP contribution < -0.4 is 10.7 Å². The molecule has 0 spiro atoms. The van der Waals surface area contributed by atoms with Gasteiger partial charge in [-0.2, -0.15) is 0 Å². The number of amides is 1. The zero-order valence-corrected chi connectivity index (χ0v) is 6.41. The van der Waals surface area contributed by atoms with Crippen molar-refractivity contribution in [3.8, 4) is 0 Å². The van der Waals surface area contributed by atoms with Crippen molar-refractivity contribution in [2.24, 2.45) is 0 Å². The van der Waals surface area contributed by atoms with Crippen molar-refractivity contribution in [2.45, 2.75) is 6.42 Å². The second-order valence-electron chi connectivity index (χ2n) is 2.71. The molecule has 0 saturated carbocycles. The van der Waals surface area contributed by atoms with Crippen molar-refractivity contribution < 1.29 is 4.79 Å². The van der Waals surface area contributed by atoms with E-state index in [0.29, 0.717) is 6.54 Å². The van der Waals surface area contributed by atoms with E-state index in [2.05, 4.69) is 5.32 Å². The third kappa shape index (κ3) is 1.01. The lowest BCUT2D eigenvalue weighted by molar-refractivity contribution is 0.239. The van der Waals surface area contributed by atoms with Crippen LogP contribution in [0.3, 0.4) is 0 Å². The third-order valence-corrected chi connectivity index (χ3v) is 1.88. The van der Waals surface area contributed by atoms with Crippen LogP contribution in [0.15, 0.2) is 23.1 Å². The molecule has 1 aliphatic rings. The Bertz CT molecular complexity index is 381. The van der Waals surface area contributed by atoms with Gasteiger partial charge >= 0.3 is 6.03 Å². The molecule has 0 unspecified atom stereocenters. The van der Waals surface area contributed by atoms with Crippen LogP contribution in [0.5, 0.6) is 0 Å². The fraction of sp³-hybridized carbons (Fsp3) is 0.250. The summed E-state index contributed by atoms with van der Waals surface area (Å²) in [7, 11) is 0. The minimum absolute atomic E-state index is 0.0454. The van der Waals surface area contributed by atoms with Crippen LogP contribution in [0.2, 0.25) is 0 Å². The Balaban J connectivity index is 2.60. The molecule has 1 N–H and O–H groups in total. The first-order valence-electron chi connectivity index (χ1n) is 3.77. The van der Waals surface area contributed by atoms with E-state index in [-0.39, 0.29) is 11.5 Å². The van der Waals surface area contributed by atoms with Gasteiger partial charge in [-0.3, -0.25) is 9.36 Å². The van der Waals surface area contributed by atoms with Crippen molar-refractivity contribution in [2.75, 3.05) is 6.54 Å². The molecule has 12 heavy (non-hydrogen) atoms. The van der Waals surface area contributed by atoms with Crippen LogP contribution >= 0.6 is 0 Å². The molecule has 0 radical (unpaired) electrons. The van der Waals surface area contributed by atoms with Gasteiger partial charge in [0, 0.05) is 37.0 Å². The molecule has 1 aromatic rings. The molecule has 0 aromatic carbocycles. The van der Waals surface area contributed by atoms with E-state index >= 15 is 0 Å². The molecule has 0 atom stereocenters. The van der Waals surface area contributed by atoms with Crippen molar-refractivity contribution in [1.82, 2.24) is 9.88 Å². The third-order valence-electron chi connectivity index (χ3n) is 1.88. The van der Waals surface area contributed by atoms with Gasteiger partial charge in [-0.1, -0.05) is 0 Å². The topological polar surface area (TPSA) is 51.1 Å². The van der Waals surface area contributed by atoms with Crippen molar-refractivity contribution in [1.29, 1.82) is 0 Å². The molecule has 4 heteroatoms. The van der Waals surface area contributed by atoms with E-state index in [1.54, 1.807) is 0 Å². The summed E-state index contributed by atoms with van der Waals surface area (Å²) in [5.41, 5.74) is 0.738. The summed E-state index contributed by atoms with van der Waals surface area (Å²) in [5.74, 6) is 0. The Labute approximate surface area is 68.8 Å². The van der Waals surface area contributed by atoms with E-state index in [4.69, 9.17) is 0 Å². The standard InChI is InChI=1S/C8H8N2O2/c11-7-2-4-10-6(5-7)1-3-9-8(10)12/h2,4-5H,1,3H2,(H,9,12). The molecule has 1 aliphatic heterocycles. The summed E-state index contributed by atoms with van der Waals surface area (Å²) in [6.07, 6.45) is 2.23. The number of rotatable bonds is 0. The first-order valence-corrected chi connectivity index (χ1v) is 3.77. The van der Waals surface area contributed by atoms with Crippen LogP contribution in [0, 0.1) is 0 Å². The number of nitrogens with one attached hydrogen (secondary N) is 1. The number of fused-ring (bicyclic) bond motifs is 1. The molecule has 4 nitrogen and oxygen atoms in total. The van der Waals surface area contributed by atoms with Crippen LogP contribution in [0.4, 0.5) is 4.79 Å². The number of aromatic nitrogens is 1. The maximum Gasteiger partial charge on any atom is 0.325 e. The van der Waals surface area contributed by atoms with E-state index in [1.807, 2.05) is 0 Å². The van der Waals surface area contributed by atoms with Gasteiger partial charge in [0.15, 0.2) is 5.43 Å². The van der Waals surface area contributed by atoms with Crippen molar-refractivity contribution in [3.63, 3.8) is 0 Å². The minimum atomic E-state index is -0.156. The number of hydrogen-bond acceptors (Lipinski definition) is 2. The van der Waals surface area contributed by atoms with Gasteiger partial charge in [0.2, 0.25) is 0 Å². The molecule has 0 bridgehead atoms. The lowest BCUT2D eigenvalue weighted by Crippen LogP contribution is -2.37. The average molecular weight is 164 g/mol. The fourth-order valence-electron chi connectivity index (χ4n) is 1.30. The summed E-state index contributed by atoms with van der Waals surface area (Å²) >= 11 is 0. The van der Waals surface area contributed by atoms with Crippen LogP contribution in [-0.2, 0) is 6.42 Å². The highest BCUT2D eigenvalue weighted by Crippen LogP contribution is 2.01. The zero-order chi connectivity index (χ0) is 8.55. The van der Waals surface area contributed by atoms with E-state index in [9.17, 15) is 9.59 Å². The maximum absolute atomic E-state index is 11.1. The second kappa shape index (κ2) is 2.48. The van der Waals surface area contributed by atoms with Crippen LogP contribution in [0.1, 0.15) is 5.69 Å². The van der Waals surface area contributed by atoms with E-state index in [1.165, 1.54) is 22.9 Å². The Morgan fingerprint density at radius 2 is 2.25 bits per heavy atom. The average Bonchev–Trinajstić information content (AvgIpc) is 2.04. The summed E-state index contributed by atoms with van der Waals surface area (Å²) in [6, 6.07) is 2.73. The number of pyridine rings is 1. The first kappa shape index (κ1) is 7.09. The van der Waals surface area contributed by atoms with Crippen molar-refractivity contribution in [3.05, 3.63) is 34.2 Å². The SMILES string of the molecule is O=C1NCCc2cc(=O)ccn21. The largest absolute Gasteiger partial charge is 0.337 e. The van der Waals surface area contributed by atoms with Gasteiger partial charge in [0.1, 0.15) is 0 Å². The predicted octanol–water partition coefficient (Wildman–Crippen LogP) is -0.0379. The minimum Gasteiger partial charge on any atom is -0.337 e.